The Balaban J connectivity index is 1.71. The minimum atomic E-state index is 0.681. The molecule has 1 aromatic rings. The molecule has 1 fully saturated rings. The van der Waals surface area contributed by atoms with Crippen molar-refractivity contribution in [1.29, 1.82) is 0 Å². The summed E-state index contributed by atoms with van der Waals surface area (Å²) in [5.74, 6) is 0. The van der Waals surface area contributed by atoms with Crippen LogP contribution in [0.3, 0.4) is 0 Å². The molecule has 0 bridgehead atoms. The van der Waals surface area contributed by atoms with E-state index in [0.717, 1.165) is 13.0 Å². The number of likely N-dealkylation sites (N-methyl/N-ethyl adjacent to an activating group) is 1. The first-order valence-electron chi connectivity index (χ1n) is 7.07. The van der Waals surface area contributed by atoms with Crippen LogP contribution in [0.1, 0.15) is 35.3 Å². The molecule has 102 valence electrons. The third-order valence-corrected chi connectivity index (χ3v) is 4.93. The summed E-state index contributed by atoms with van der Waals surface area (Å²) in [6, 6.07) is 0.681. The summed E-state index contributed by atoms with van der Waals surface area (Å²) in [4.78, 5) is 8.49. The van der Waals surface area contributed by atoms with Crippen molar-refractivity contribution in [3.8, 4) is 0 Å². The van der Waals surface area contributed by atoms with E-state index in [9.17, 15) is 0 Å². The van der Waals surface area contributed by atoms with Crippen molar-refractivity contribution in [3.05, 3.63) is 15.6 Å². The lowest BCUT2D eigenvalue weighted by Crippen LogP contribution is -2.46. The first-order chi connectivity index (χ1) is 8.69. The molecule has 0 aromatic carbocycles. The smallest absolute Gasteiger partial charge is 0.0943 e. The third kappa shape index (κ3) is 3.77. The van der Waals surface area contributed by atoms with Crippen molar-refractivity contribution in [2.45, 2.75) is 46.1 Å². The molecule has 0 radical (unpaired) electrons. The predicted octanol–water partition coefficient (Wildman–Crippen LogP) is 2.38. The Morgan fingerprint density at radius 2 is 2.28 bits per heavy atom. The third-order valence-electron chi connectivity index (χ3n) is 3.80. The van der Waals surface area contributed by atoms with Crippen LogP contribution in [0.15, 0.2) is 0 Å². The van der Waals surface area contributed by atoms with E-state index >= 15 is 0 Å². The zero-order valence-corrected chi connectivity index (χ0v) is 12.6. The molecule has 1 atom stereocenters. The Hall–Kier alpha value is -0.450. The minimum absolute atomic E-state index is 0.681. The van der Waals surface area contributed by atoms with Crippen molar-refractivity contribution >= 4 is 11.3 Å². The van der Waals surface area contributed by atoms with Gasteiger partial charge in [-0.25, -0.2) is 4.98 Å². The molecule has 1 aliphatic heterocycles. The number of aromatic nitrogens is 1. The van der Waals surface area contributed by atoms with E-state index in [-0.39, 0.29) is 0 Å². The Labute approximate surface area is 115 Å². The minimum Gasteiger partial charge on any atom is -0.312 e. The van der Waals surface area contributed by atoms with Gasteiger partial charge < -0.3 is 10.2 Å². The van der Waals surface area contributed by atoms with E-state index in [0.29, 0.717) is 6.04 Å². The van der Waals surface area contributed by atoms with Crippen LogP contribution in [-0.2, 0) is 6.42 Å². The molecule has 18 heavy (non-hydrogen) atoms. The standard InChI is InChI=1S/C14H25N3S/c1-4-17-9-5-6-13(10-17)15-8-7-14-16-11(2)12(3)18-14/h13,15H,4-10H2,1-3H3. The maximum atomic E-state index is 4.59. The molecule has 0 aliphatic carbocycles. The molecule has 0 spiro atoms. The van der Waals surface area contributed by atoms with Crippen LogP contribution in [0.4, 0.5) is 0 Å². The van der Waals surface area contributed by atoms with Crippen LogP contribution < -0.4 is 5.32 Å². The van der Waals surface area contributed by atoms with Crippen LogP contribution in [0.25, 0.3) is 0 Å². The first-order valence-corrected chi connectivity index (χ1v) is 7.89. The summed E-state index contributed by atoms with van der Waals surface area (Å²) in [5.41, 5.74) is 1.20. The molecule has 0 saturated carbocycles. The van der Waals surface area contributed by atoms with Crippen molar-refractivity contribution in [2.24, 2.45) is 0 Å². The Bertz CT molecular complexity index is 356. The van der Waals surface area contributed by atoms with Gasteiger partial charge in [0.05, 0.1) is 10.7 Å². The number of aryl methyl sites for hydroxylation is 2. The van der Waals surface area contributed by atoms with Gasteiger partial charge in [0.25, 0.3) is 0 Å². The number of nitrogens with zero attached hydrogens (tertiary/aromatic N) is 2. The van der Waals surface area contributed by atoms with Crippen LogP contribution >= 0.6 is 11.3 Å². The van der Waals surface area contributed by atoms with Crippen LogP contribution in [0.5, 0.6) is 0 Å². The fraction of sp³-hybridized carbons (Fsp3) is 0.786. The molecule has 1 aliphatic rings. The van der Waals surface area contributed by atoms with Crippen LogP contribution in [0, 0.1) is 13.8 Å². The lowest BCUT2D eigenvalue weighted by Gasteiger charge is -2.32. The number of rotatable bonds is 5. The van der Waals surface area contributed by atoms with Gasteiger partial charge in [-0.05, 0) is 39.8 Å². The second-order valence-electron chi connectivity index (χ2n) is 5.19. The zero-order chi connectivity index (χ0) is 13.0. The van der Waals surface area contributed by atoms with Crippen molar-refractivity contribution in [3.63, 3.8) is 0 Å². The van der Waals surface area contributed by atoms with Crippen LogP contribution in [-0.4, -0.2) is 42.1 Å². The molecule has 0 amide bonds. The molecule has 4 heteroatoms. The Kier molecular flexibility index (Phi) is 5.15. The normalized spacial score (nSPS) is 21.4. The number of piperidine rings is 1. The summed E-state index contributed by atoms with van der Waals surface area (Å²) in [5, 5.41) is 4.97. The highest BCUT2D eigenvalue weighted by Gasteiger charge is 2.17. The first kappa shape index (κ1) is 14.0. The number of nitrogens with one attached hydrogen (secondary N) is 1. The van der Waals surface area contributed by atoms with Gasteiger partial charge in [-0.1, -0.05) is 6.92 Å². The highest BCUT2D eigenvalue weighted by Crippen LogP contribution is 2.16. The number of hydrogen-bond donors (Lipinski definition) is 1. The molecule has 2 heterocycles. The highest BCUT2D eigenvalue weighted by atomic mass is 32.1. The molecule has 2 rings (SSSR count). The monoisotopic (exact) mass is 267 g/mol. The zero-order valence-electron chi connectivity index (χ0n) is 11.8. The molecule has 1 saturated heterocycles. The Morgan fingerprint density at radius 3 is 2.94 bits per heavy atom. The maximum Gasteiger partial charge on any atom is 0.0943 e. The van der Waals surface area contributed by atoms with Crippen molar-refractivity contribution in [2.75, 3.05) is 26.2 Å². The number of hydrogen-bond acceptors (Lipinski definition) is 4. The fourth-order valence-electron chi connectivity index (χ4n) is 2.54. The molecular formula is C14H25N3S. The van der Waals surface area contributed by atoms with E-state index in [1.54, 1.807) is 0 Å². The predicted molar refractivity (Wildman–Crippen MR) is 78.4 cm³/mol. The summed E-state index contributed by atoms with van der Waals surface area (Å²) in [7, 11) is 0. The van der Waals surface area contributed by atoms with Gasteiger partial charge in [-0.15, -0.1) is 11.3 Å². The van der Waals surface area contributed by atoms with Crippen LogP contribution in [0.2, 0.25) is 0 Å². The lowest BCUT2D eigenvalue weighted by atomic mass is 10.1. The molecule has 1 N–H and O–H groups in total. The van der Waals surface area contributed by atoms with E-state index < -0.39 is 0 Å². The highest BCUT2D eigenvalue weighted by molar-refractivity contribution is 7.11. The summed E-state index contributed by atoms with van der Waals surface area (Å²) < 4.78 is 0. The average Bonchev–Trinajstić information content (AvgIpc) is 2.69. The second-order valence-corrected chi connectivity index (χ2v) is 6.47. The summed E-state index contributed by atoms with van der Waals surface area (Å²) >= 11 is 1.84. The van der Waals surface area contributed by atoms with Gasteiger partial charge in [-0.3, -0.25) is 0 Å². The fourth-order valence-corrected chi connectivity index (χ4v) is 3.47. The largest absolute Gasteiger partial charge is 0.312 e. The van der Waals surface area contributed by atoms with Gasteiger partial charge >= 0.3 is 0 Å². The Morgan fingerprint density at radius 1 is 1.44 bits per heavy atom. The van der Waals surface area contributed by atoms with E-state index in [1.165, 1.54) is 48.1 Å². The summed E-state index contributed by atoms with van der Waals surface area (Å²) in [6.45, 7) is 11.3. The SMILES string of the molecule is CCN1CCCC(NCCc2nc(C)c(C)s2)C1. The van der Waals surface area contributed by atoms with Gasteiger partial charge in [0, 0.05) is 30.4 Å². The maximum absolute atomic E-state index is 4.59. The van der Waals surface area contributed by atoms with Crippen molar-refractivity contribution < 1.29 is 0 Å². The van der Waals surface area contributed by atoms with Gasteiger partial charge in [-0.2, -0.15) is 0 Å². The number of thiazole rings is 1. The average molecular weight is 267 g/mol. The van der Waals surface area contributed by atoms with E-state index in [1.807, 2.05) is 11.3 Å². The quantitative estimate of drug-likeness (QED) is 0.888. The number of likely N-dealkylation sites (tertiary alicyclic amines) is 1. The topological polar surface area (TPSA) is 28.2 Å². The molecule has 1 unspecified atom stereocenters. The van der Waals surface area contributed by atoms with Crippen molar-refractivity contribution in [1.82, 2.24) is 15.2 Å². The van der Waals surface area contributed by atoms with E-state index in [4.69, 9.17) is 0 Å². The molecule has 1 aromatic heterocycles. The van der Waals surface area contributed by atoms with E-state index in [2.05, 4.69) is 36.0 Å². The second kappa shape index (κ2) is 6.64. The molecule has 3 nitrogen and oxygen atoms in total. The molecular weight excluding hydrogens is 242 g/mol. The van der Waals surface area contributed by atoms with Gasteiger partial charge in [0.15, 0.2) is 0 Å². The van der Waals surface area contributed by atoms with Gasteiger partial charge in [0.2, 0.25) is 0 Å². The summed E-state index contributed by atoms with van der Waals surface area (Å²) in [6.07, 6.45) is 3.73. The van der Waals surface area contributed by atoms with Gasteiger partial charge in [0.1, 0.15) is 0 Å². The lowest BCUT2D eigenvalue weighted by molar-refractivity contribution is 0.199.